The van der Waals surface area contributed by atoms with Crippen LogP contribution >= 0.6 is 0 Å². The molecular weight excluding hydrogens is 404 g/mol. The second-order valence-corrected chi connectivity index (χ2v) is 8.39. The molecule has 10 nitrogen and oxygen atoms in total. The highest BCUT2D eigenvalue weighted by atomic mass is 16.7. The lowest BCUT2D eigenvalue weighted by molar-refractivity contribution is -0.175. The molecule has 0 fully saturated rings. The molecule has 0 aliphatic carbocycles. The molecule has 1 aromatic heterocycles. The molecule has 162 valence electrons. The van der Waals surface area contributed by atoms with E-state index in [2.05, 4.69) is 5.10 Å². The van der Waals surface area contributed by atoms with Gasteiger partial charge in [0.15, 0.2) is 6.04 Å². The maximum Gasteiger partial charge on any atom is 0.411 e. The standard InChI is InChI=1S/C21H22N4O6/c1-21(2,3)30-20(29)24-10-9-15-14(11-23(4)22-15)16(24)19(28)31-25-17(26)12-7-5-6-8-13(12)18(25)27/h5-8,11,16H,9-10H2,1-4H3. The Balaban J connectivity index is 1.64. The molecule has 0 bridgehead atoms. The van der Waals surface area contributed by atoms with Crippen molar-refractivity contribution in [2.45, 2.75) is 38.8 Å². The van der Waals surface area contributed by atoms with E-state index in [-0.39, 0.29) is 17.7 Å². The number of hydroxylamine groups is 2. The topological polar surface area (TPSA) is 111 Å². The number of amides is 3. The summed E-state index contributed by atoms with van der Waals surface area (Å²) in [6.07, 6.45) is 1.33. The van der Waals surface area contributed by atoms with Crippen LogP contribution in [-0.2, 0) is 27.8 Å². The molecule has 0 saturated heterocycles. The Bertz CT molecular complexity index is 1060. The van der Waals surface area contributed by atoms with Gasteiger partial charge in [-0.05, 0) is 32.9 Å². The van der Waals surface area contributed by atoms with E-state index in [0.29, 0.717) is 22.7 Å². The molecule has 10 heteroatoms. The van der Waals surface area contributed by atoms with Gasteiger partial charge in [-0.15, -0.1) is 0 Å². The first-order valence-electron chi connectivity index (χ1n) is 9.78. The average molecular weight is 426 g/mol. The summed E-state index contributed by atoms with van der Waals surface area (Å²) in [4.78, 5) is 57.6. The number of ether oxygens (including phenoxy) is 1. The number of aryl methyl sites for hydroxylation is 1. The van der Waals surface area contributed by atoms with Crippen molar-refractivity contribution in [3.8, 4) is 0 Å². The van der Waals surface area contributed by atoms with Crippen molar-refractivity contribution in [3.63, 3.8) is 0 Å². The molecule has 31 heavy (non-hydrogen) atoms. The van der Waals surface area contributed by atoms with Gasteiger partial charge in [-0.2, -0.15) is 5.10 Å². The maximum absolute atomic E-state index is 13.2. The van der Waals surface area contributed by atoms with Crippen LogP contribution in [0.5, 0.6) is 0 Å². The van der Waals surface area contributed by atoms with Crippen molar-refractivity contribution in [1.82, 2.24) is 19.7 Å². The first-order chi connectivity index (χ1) is 14.6. The van der Waals surface area contributed by atoms with Gasteiger partial charge in [0, 0.05) is 31.8 Å². The minimum Gasteiger partial charge on any atom is -0.444 e. The number of nitrogens with zero attached hydrogens (tertiary/aromatic N) is 4. The summed E-state index contributed by atoms with van der Waals surface area (Å²) in [7, 11) is 1.70. The molecule has 1 unspecified atom stereocenters. The van der Waals surface area contributed by atoms with Gasteiger partial charge < -0.3 is 9.57 Å². The summed E-state index contributed by atoms with van der Waals surface area (Å²) >= 11 is 0. The zero-order valence-electron chi connectivity index (χ0n) is 17.6. The zero-order chi connectivity index (χ0) is 22.5. The minimum atomic E-state index is -1.21. The molecule has 1 atom stereocenters. The van der Waals surface area contributed by atoms with Gasteiger partial charge in [0.25, 0.3) is 11.8 Å². The minimum absolute atomic E-state index is 0.148. The number of hydrogen-bond acceptors (Lipinski definition) is 7. The van der Waals surface area contributed by atoms with E-state index < -0.39 is 35.5 Å². The lowest BCUT2D eigenvalue weighted by atomic mass is 10.00. The number of carbonyl (C=O) groups is 4. The van der Waals surface area contributed by atoms with Crippen molar-refractivity contribution < 1.29 is 28.8 Å². The molecule has 4 rings (SSSR count). The van der Waals surface area contributed by atoms with Gasteiger partial charge in [-0.3, -0.25) is 19.2 Å². The fourth-order valence-corrected chi connectivity index (χ4v) is 3.66. The summed E-state index contributed by atoms with van der Waals surface area (Å²) in [6, 6.07) is 4.98. The van der Waals surface area contributed by atoms with Crippen LogP contribution in [0.4, 0.5) is 4.79 Å². The van der Waals surface area contributed by atoms with Crippen LogP contribution < -0.4 is 0 Å². The van der Waals surface area contributed by atoms with Crippen LogP contribution in [0.15, 0.2) is 30.5 Å². The van der Waals surface area contributed by atoms with Crippen LogP contribution in [0.2, 0.25) is 0 Å². The number of rotatable bonds is 2. The smallest absolute Gasteiger partial charge is 0.411 e. The fourth-order valence-electron chi connectivity index (χ4n) is 3.66. The molecule has 0 N–H and O–H groups in total. The van der Waals surface area contributed by atoms with Crippen LogP contribution in [-0.4, -0.2) is 55.8 Å². The van der Waals surface area contributed by atoms with Gasteiger partial charge >= 0.3 is 12.1 Å². The lowest BCUT2D eigenvalue weighted by Gasteiger charge is -2.35. The summed E-state index contributed by atoms with van der Waals surface area (Å²) in [5.41, 5.74) is 0.612. The number of carbonyl (C=O) groups excluding carboxylic acids is 4. The summed E-state index contributed by atoms with van der Waals surface area (Å²) in [5.74, 6) is -2.42. The number of aromatic nitrogens is 2. The van der Waals surface area contributed by atoms with Crippen molar-refractivity contribution in [1.29, 1.82) is 0 Å². The van der Waals surface area contributed by atoms with Crippen molar-refractivity contribution in [2.75, 3.05) is 6.54 Å². The van der Waals surface area contributed by atoms with Gasteiger partial charge in [0.05, 0.1) is 16.8 Å². The Hall–Kier alpha value is -3.69. The number of benzene rings is 1. The van der Waals surface area contributed by atoms with Gasteiger partial charge in [-0.25, -0.2) is 9.59 Å². The molecule has 3 heterocycles. The number of hydrogen-bond donors (Lipinski definition) is 0. The highest BCUT2D eigenvalue weighted by molar-refractivity contribution is 6.21. The normalized spacial score (nSPS) is 18.0. The molecule has 2 aliphatic rings. The van der Waals surface area contributed by atoms with Crippen LogP contribution in [0, 0.1) is 0 Å². The number of fused-ring (bicyclic) bond motifs is 2. The van der Waals surface area contributed by atoms with E-state index >= 15 is 0 Å². The quantitative estimate of drug-likeness (QED) is 0.676. The lowest BCUT2D eigenvalue weighted by Crippen LogP contribution is -2.47. The predicted molar refractivity (Wildman–Crippen MR) is 106 cm³/mol. The Morgan fingerprint density at radius 2 is 1.71 bits per heavy atom. The molecule has 2 aliphatic heterocycles. The van der Waals surface area contributed by atoms with Crippen LogP contribution in [0.1, 0.15) is 58.8 Å². The number of imide groups is 1. The SMILES string of the molecule is Cn1cc2c(n1)CCN(C(=O)OC(C)(C)C)C2C(=O)ON1C(=O)c2ccccc2C1=O. The van der Waals surface area contributed by atoms with E-state index in [4.69, 9.17) is 9.57 Å². The first kappa shape index (κ1) is 20.6. The third-order valence-electron chi connectivity index (χ3n) is 4.92. The zero-order valence-corrected chi connectivity index (χ0v) is 17.6. The first-order valence-corrected chi connectivity index (χ1v) is 9.78. The van der Waals surface area contributed by atoms with Crippen molar-refractivity contribution in [2.24, 2.45) is 7.05 Å². The Morgan fingerprint density at radius 1 is 1.10 bits per heavy atom. The second kappa shape index (κ2) is 7.22. The maximum atomic E-state index is 13.2. The predicted octanol–water partition coefficient (Wildman–Crippen LogP) is 2.01. The molecular formula is C21H22N4O6. The highest BCUT2D eigenvalue weighted by Gasteiger charge is 2.45. The Kier molecular flexibility index (Phi) is 4.79. The summed E-state index contributed by atoms with van der Waals surface area (Å²) in [6.45, 7) is 5.32. The molecule has 2 aromatic rings. The Labute approximate surface area is 178 Å². The second-order valence-electron chi connectivity index (χ2n) is 8.39. The monoisotopic (exact) mass is 426 g/mol. The third kappa shape index (κ3) is 3.65. The Morgan fingerprint density at radius 3 is 2.29 bits per heavy atom. The van der Waals surface area contributed by atoms with E-state index in [1.165, 1.54) is 21.7 Å². The van der Waals surface area contributed by atoms with Gasteiger partial charge in [0.2, 0.25) is 0 Å². The van der Waals surface area contributed by atoms with Crippen molar-refractivity contribution >= 4 is 23.9 Å². The average Bonchev–Trinajstić information content (AvgIpc) is 3.18. The molecule has 0 radical (unpaired) electrons. The molecule has 1 aromatic carbocycles. The summed E-state index contributed by atoms with van der Waals surface area (Å²) < 4.78 is 6.98. The van der Waals surface area contributed by atoms with E-state index in [1.807, 2.05) is 0 Å². The fraction of sp³-hybridized carbons (Fsp3) is 0.381. The highest BCUT2D eigenvalue weighted by Crippen LogP contribution is 2.33. The largest absolute Gasteiger partial charge is 0.444 e. The van der Waals surface area contributed by atoms with E-state index in [1.54, 1.807) is 46.1 Å². The van der Waals surface area contributed by atoms with Crippen molar-refractivity contribution in [3.05, 3.63) is 52.8 Å². The molecule has 0 saturated carbocycles. The third-order valence-corrected chi connectivity index (χ3v) is 4.92. The van der Waals surface area contributed by atoms with Gasteiger partial charge in [0.1, 0.15) is 5.60 Å². The van der Waals surface area contributed by atoms with E-state index in [0.717, 1.165) is 0 Å². The van der Waals surface area contributed by atoms with Gasteiger partial charge in [-0.1, -0.05) is 17.2 Å². The van der Waals surface area contributed by atoms with E-state index in [9.17, 15) is 19.2 Å². The van der Waals surface area contributed by atoms with Crippen LogP contribution in [0.25, 0.3) is 0 Å². The van der Waals surface area contributed by atoms with Crippen LogP contribution in [0.3, 0.4) is 0 Å². The summed E-state index contributed by atoms with van der Waals surface area (Å²) in [5, 5.41) is 4.76. The molecule has 3 amide bonds. The molecule has 0 spiro atoms.